The number of alkyl carbamates (subject to hydrolysis) is 1. The van der Waals surface area contributed by atoms with Gasteiger partial charge in [0.25, 0.3) is 0 Å². The molecule has 3 rings (SSSR count). The van der Waals surface area contributed by atoms with E-state index >= 15 is 0 Å². The molecule has 1 aromatic heterocycles. The number of benzene rings is 2. The van der Waals surface area contributed by atoms with Crippen LogP contribution < -0.4 is 16.0 Å². The van der Waals surface area contributed by atoms with E-state index < -0.39 is 54.2 Å². The number of fused-ring (bicyclic) bond motifs is 1. The van der Waals surface area contributed by atoms with Crippen molar-refractivity contribution in [3.8, 4) is 0 Å². The number of rotatable bonds is 11. The standard InChI is InChI=1S/C28H34N4O7/c1-28(2,3)39-27(38)32-21(13-17-9-5-4-6-10-17)24(34)30-22(25(35)31-23(16-33)26(36)37)14-18-15-29-20-12-8-7-11-19(18)20/h4-12,15,21-23,29,33H,13-14,16H2,1-3H3,(H,30,34)(H,31,35)(H,32,38)(H,36,37)/t21-,22-,23-/m0/s1. The maximum atomic E-state index is 13.5. The zero-order chi connectivity index (χ0) is 28.6. The highest BCUT2D eigenvalue weighted by Gasteiger charge is 2.31. The minimum atomic E-state index is -1.56. The topological polar surface area (TPSA) is 170 Å². The fourth-order valence-electron chi connectivity index (χ4n) is 3.97. The summed E-state index contributed by atoms with van der Waals surface area (Å²) in [5, 5.41) is 27.0. The van der Waals surface area contributed by atoms with Gasteiger partial charge in [0.1, 0.15) is 23.7 Å². The predicted octanol–water partition coefficient (Wildman–Crippen LogP) is 1.89. The number of carbonyl (C=O) groups excluding carboxylic acids is 3. The zero-order valence-corrected chi connectivity index (χ0v) is 22.1. The lowest BCUT2D eigenvalue weighted by molar-refractivity contribution is -0.143. The maximum absolute atomic E-state index is 13.5. The number of carboxylic acid groups (broad SMARTS) is 1. The van der Waals surface area contributed by atoms with Crippen LogP contribution in [0.3, 0.4) is 0 Å². The molecule has 0 fully saturated rings. The van der Waals surface area contributed by atoms with Crippen LogP contribution in [0.4, 0.5) is 4.79 Å². The van der Waals surface area contributed by atoms with Crippen molar-refractivity contribution in [1.82, 2.24) is 20.9 Å². The van der Waals surface area contributed by atoms with Crippen molar-refractivity contribution in [1.29, 1.82) is 0 Å². The Kier molecular flexibility index (Phi) is 9.67. The molecule has 3 aromatic rings. The molecule has 0 saturated heterocycles. The Hall–Kier alpha value is -4.38. The maximum Gasteiger partial charge on any atom is 0.408 e. The third kappa shape index (κ3) is 8.57. The lowest BCUT2D eigenvalue weighted by Crippen LogP contribution is -2.57. The van der Waals surface area contributed by atoms with Crippen molar-refractivity contribution >= 4 is 34.8 Å². The Balaban J connectivity index is 1.88. The Morgan fingerprint density at radius 1 is 0.846 bits per heavy atom. The van der Waals surface area contributed by atoms with Gasteiger partial charge in [-0.3, -0.25) is 9.59 Å². The molecule has 0 aliphatic rings. The van der Waals surface area contributed by atoms with Gasteiger partial charge in [-0.2, -0.15) is 0 Å². The van der Waals surface area contributed by atoms with Gasteiger partial charge in [-0.15, -0.1) is 0 Å². The van der Waals surface area contributed by atoms with E-state index in [0.717, 1.165) is 16.5 Å². The van der Waals surface area contributed by atoms with Gasteiger partial charge in [0.15, 0.2) is 0 Å². The van der Waals surface area contributed by atoms with E-state index in [0.29, 0.717) is 5.56 Å². The van der Waals surface area contributed by atoms with Crippen LogP contribution in [0.25, 0.3) is 10.9 Å². The second kappa shape index (κ2) is 12.9. The fraction of sp³-hybridized carbons (Fsp3) is 0.357. The second-order valence-corrected chi connectivity index (χ2v) is 10.1. The summed E-state index contributed by atoms with van der Waals surface area (Å²) < 4.78 is 5.33. The first-order chi connectivity index (χ1) is 18.5. The Labute approximate surface area is 225 Å². The largest absolute Gasteiger partial charge is 0.480 e. The number of hydrogen-bond acceptors (Lipinski definition) is 6. The summed E-state index contributed by atoms with van der Waals surface area (Å²) in [7, 11) is 0. The van der Waals surface area contributed by atoms with Gasteiger partial charge in [0.2, 0.25) is 11.8 Å². The number of aromatic amines is 1. The monoisotopic (exact) mass is 538 g/mol. The molecule has 0 unspecified atom stereocenters. The minimum absolute atomic E-state index is 0.0177. The van der Waals surface area contributed by atoms with Crippen molar-refractivity contribution in [3.63, 3.8) is 0 Å². The summed E-state index contributed by atoms with van der Waals surface area (Å²) in [5.74, 6) is -2.89. The molecule has 208 valence electrons. The van der Waals surface area contributed by atoms with E-state index in [4.69, 9.17) is 4.74 Å². The van der Waals surface area contributed by atoms with Crippen molar-refractivity contribution in [3.05, 3.63) is 71.9 Å². The number of hydrogen-bond donors (Lipinski definition) is 6. The van der Waals surface area contributed by atoms with E-state index in [-0.39, 0.29) is 12.8 Å². The van der Waals surface area contributed by atoms with Crippen LogP contribution >= 0.6 is 0 Å². The van der Waals surface area contributed by atoms with E-state index in [2.05, 4.69) is 20.9 Å². The first kappa shape index (κ1) is 29.2. The van der Waals surface area contributed by atoms with Crippen LogP contribution in [0.2, 0.25) is 0 Å². The molecule has 0 aliphatic carbocycles. The van der Waals surface area contributed by atoms with Gasteiger partial charge in [0, 0.05) is 29.9 Å². The lowest BCUT2D eigenvalue weighted by Gasteiger charge is -2.26. The summed E-state index contributed by atoms with van der Waals surface area (Å²) in [6.45, 7) is 4.26. The number of H-pyrrole nitrogens is 1. The van der Waals surface area contributed by atoms with E-state index in [9.17, 15) is 29.4 Å². The van der Waals surface area contributed by atoms with E-state index in [1.54, 1.807) is 51.2 Å². The van der Waals surface area contributed by atoms with Gasteiger partial charge in [-0.05, 0) is 38.0 Å². The summed E-state index contributed by atoms with van der Waals surface area (Å²) in [6.07, 6.45) is 1.03. The molecule has 11 heteroatoms. The molecule has 0 spiro atoms. The first-order valence-electron chi connectivity index (χ1n) is 12.5. The average Bonchev–Trinajstić information content (AvgIpc) is 3.28. The number of aliphatic hydroxyl groups excluding tert-OH is 1. The van der Waals surface area contributed by atoms with Crippen LogP contribution in [0.15, 0.2) is 60.8 Å². The first-order valence-corrected chi connectivity index (χ1v) is 12.5. The number of aromatic nitrogens is 1. The molecule has 2 aromatic carbocycles. The quantitative estimate of drug-likeness (QED) is 0.216. The van der Waals surface area contributed by atoms with Crippen LogP contribution in [0, 0.1) is 0 Å². The van der Waals surface area contributed by atoms with Crippen LogP contribution in [-0.2, 0) is 32.0 Å². The molecule has 0 radical (unpaired) electrons. The van der Waals surface area contributed by atoms with Crippen molar-refractivity contribution < 1.29 is 34.1 Å². The summed E-state index contributed by atoms with van der Waals surface area (Å²) in [6, 6.07) is 12.5. The molecular weight excluding hydrogens is 504 g/mol. The highest BCUT2D eigenvalue weighted by atomic mass is 16.6. The van der Waals surface area contributed by atoms with Gasteiger partial charge in [-0.1, -0.05) is 48.5 Å². The van der Waals surface area contributed by atoms with Crippen molar-refractivity contribution in [2.45, 2.75) is 57.3 Å². The zero-order valence-electron chi connectivity index (χ0n) is 22.1. The molecule has 0 bridgehead atoms. The number of para-hydroxylation sites is 1. The molecule has 1 heterocycles. The Morgan fingerprint density at radius 3 is 2.05 bits per heavy atom. The minimum Gasteiger partial charge on any atom is -0.480 e. The number of nitrogens with one attached hydrogen (secondary N) is 4. The van der Waals surface area contributed by atoms with Crippen molar-refractivity contribution in [2.75, 3.05) is 6.61 Å². The van der Waals surface area contributed by atoms with Crippen LogP contribution in [0.5, 0.6) is 0 Å². The van der Waals surface area contributed by atoms with Crippen LogP contribution in [-0.4, -0.2) is 69.4 Å². The number of aliphatic hydroxyl groups is 1. The SMILES string of the molecule is CC(C)(C)OC(=O)N[C@@H](Cc1ccccc1)C(=O)N[C@@H](Cc1c[nH]c2ccccc12)C(=O)N[C@@H](CO)C(=O)O. The summed E-state index contributed by atoms with van der Waals surface area (Å²) in [4.78, 5) is 53.8. The van der Waals surface area contributed by atoms with E-state index in [1.807, 2.05) is 30.3 Å². The summed E-state index contributed by atoms with van der Waals surface area (Å²) >= 11 is 0. The summed E-state index contributed by atoms with van der Waals surface area (Å²) in [5.41, 5.74) is 1.50. The fourth-order valence-corrected chi connectivity index (χ4v) is 3.97. The Bertz CT molecular complexity index is 1300. The second-order valence-electron chi connectivity index (χ2n) is 10.1. The molecular formula is C28H34N4O7. The third-order valence-corrected chi connectivity index (χ3v) is 5.82. The predicted molar refractivity (Wildman–Crippen MR) is 144 cm³/mol. The van der Waals surface area contributed by atoms with Gasteiger partial charge >= 0.3 is 12.1 Å². The molecule has 3 atom stereocenters. The molecule has 6 N–H and O–H groups in total. The number of amides is 3. The molecule has 11 nitrogen and oxygen atoms in total. The highest BCUT2D eigenvalue weighted by Crippen LogP contribution is 2.19. The van der Waals surface area contributed by atoms with E-state index in [1.165, 1.54) is 0 Å². The van der Waals surface area contributed by atoms with Crippen molar-refractivity contribution in [2.24, 2.45) is 0 Å². The number of ether oxygens (including phenoxy) is 1. The van der Waals surface area contributed by atoms with Crippen LogP contribution in [0.1, 0.15) is 31.9 Å². The normalized spacial score (nSPS) is 13.6. The molecule has 0 aliphatic heterocycles. The molecule has 39 heavy (non-hydrogen) atoms. The number of aliphatic carboxylic acids is 1. The van der Waals surface area contributed by atoms with Gasteiger partial charge < -0.3 is 35.9 Å². The number of carboxylic acids is 1. The molecule has 3 amide bonds. The van der Waals surface area contributed by atoms with Gasteiger partial charge in [0.05, 0.1) is 6.61 Å². The third-order valence-electron chi connectivity index (χ3n) is 5.82. The molecule has 0 saturated carbocycles. The Morgan fingerprint density at radius 2 is 1.44 bits per heavy atom. The average molecular weight is 539 g/mol. The smallest absolute Gasteiger partial charge is 0.408 e. The highest BCUT2D eigenvalue weighted by molar-refractivity contribution is 5.94. The van der Waals surface area contributed by atoms with Gasteiger partial charge in [-0.25, -0.2) is 9.59 Å². The lowest BCUT2D eigenvalue weighted by atomic mass is 10.0. The number of carbonyl (C=O) groups is 4.